The third-order valence-electron chi connectivity index (χ3n) is 4.17. The van der Waals surface area contributed by atoms with E-state index in [-0.39, 0.29) is 6.04 Å². The van der Waals surface area contributed by atoms with Crippen LogP contribution in [0.15, 0.2) is 24.3 Å². The van der Waals surface area contributed by atoms with Crippen LogP contribution in [0.5, 0.6) is 0 Å². The van der Waals surface area contributed by atoms with Crippen molar-refractivity contribution in [1.82, 2.24) is 4.90 Å². The molecule has 4 heteroatoms. The van der Waals surface area contributed by atoms with E-state index in [4.69, 9.17) is 0 Å². The number of aliphatic hydroxyl groups is 3. The maximum absolute atomic E-state index is 9.89. The first-order chi connectivity index (χ1) is 9.00. The molecule has 2 rings (SSSR count). The van der Waals surface area contributed by atoms with E-state index in [2.05, 4.69) is 19.1 Å². The zero-order valence-electron chi connectivity index (χ0n) is 11.5. The minimum Gasteiger partial charge on any atom is -0.389 e. The van der Waals surface area contributed by atoms with Crippen LogP contribution in [0.3, 0.4) is 0 Å². The Morgan fingerprint density at radius 3 is 2.53 bits per heavy atom. The van der Waals surface area contributed by atoms with E-state index in [0.717, 1.165) is 13.0 Å². The van der Waals surface area contributed by atoms with Gasteiger partial charge in [0.2, 0.25) is 0 Å². The standard InChI is InChI=1S/C15H23NO3/c1-10-5-3-4-6-12(10)7-8-16-9-13(17)15(19)14(18)11(16)2/h3-6,11,13-15,17-19H,7-9H2,1-2H3/t11-,13+,14-,15-/m1/s1. The number of nitrogens with zero attached hydrogens (tertiary/aromatic N) is 1. The number of β-amino-alcohol motifs (C(OH)–C–C–N with tert-alkyl or cyclic N) is 1. The zero-order chi connectivity index (χ0) is 14.0. The number of benzene rings is 1. The van der Waals surface area contributed by atoms with Crippen molar-refractivity contribution in [2.24, 2.45) is 0 Å². The molecule has 0 radical (unpaired) electrons. The molecule has 0 bridgehead atoms. The number of hydrogen-bond acceptors (Lipinski definition) is 4. The van der Waals surface area contributed by atoms with Crippen LogP contribution in [-0.4, -0.2) is 57.7 Å². The topological polar surface area (TPSA) is 63.9 Å². The molecule has 0 unspecified atom stereocenters. The lowest BCUT2D eigenvalue weighted by Crippen LogP contribution is -2.60. The van der Waals surface area contributed by atoms with Crippen molar-refractivity contribution in [1.29, 1.82) is 0 Å². The molecule has 3 N–H and O–H groups in total. The van der Waals surface area contributed by atoms with Crippen LogP contribution >= 0.6 is 0 Å². The van der Waals surface area contributed by atoms with Gasteiger partial charge in [0.15, 0.2) is 0 Å². The molecule has 1 aliphatic rings. The van der Waals surface area contributed by atoms with Crippen molar-refractivity contribution in [2.75, 3.05) is 13.1 Å². The molecule has 1 heterocycles. The summed E-state index contributed by atoms with van der Waals surface area (Å²) in [6.45, 7) is 5.15. The first-order valence-electron chi connectivity index (χ1n) is 6.83. The highest BCUT2D eigenvalue weighted by molar-refractivity contribution is 5.25. The van der Waals surface area contributed by atoms with Crippen LogP contribution in [0.2, 0.25) is 0 Å². The fourth-order valence-electron chi connectivity index (χ4n) is 2.69. The zero-order valence-corrected chi connectivity index (χ0v) is 11.5. The van der Waals surface area contributed by atoms with Crippen molar-refractivity contribution in [3.63, 3.8) is 0 Å². The molecule has 1 fully saturated rings. The summed E-state index contributed by atoms with van der Waals surface area (Å²) in [6, 6.07) is 8.10. The van der Waals surface area contributed by atoms with Gasteiger partial charge in [-0.2, -0.15) is 0 Å². The highest BCUT2D eigenvalue weighted by atomic mass is 16.4. The summed E-state index contributed by atoms with van der Waals surface area (Å²) in [4.78, 5) is 2.04. The predicted octanol–water partition coefficient (Wildman–Crippen LogP) is 0.324. The van der Waals surface area contributed by atoms with Crippen LogP contribution in [0.4, 0.5) is 0 Å². The maximum atomic E-state index is 9.89. The second kappa shape index (κ2) is 6.01. The molecule has 4 atom stereocenters. The summed E-state index contributed by atoms with van der Waals surface area (Å²) in [6.07, 6.45) is -1.92. The van der Waals surface area contributed by atoms with Gasteiger partial charge in [-0.05, 0) is 31.4 Å². The lowest BCUT2D eigenvalue weighted by Gasteiger charge is -2.42. The molecule has 0 aliphatic carbocycles. The summed E-state index contributed by atoms with van der Waals surface area (Å²) in [7, 11) is 0. The number of hydrogen-bond donors (Lipinski definition) is 3. The molecule has 0 aromatic heterocycles. The molecular weight excluding hydrogens is 242 g/mol. The Morgan fingerprint density at radius 1 is 1.16 bits per heavy atom. The van der Waals surface area contributed by atoms with Crippen molar-refractivity contribution >= 4 is 0 Å². The molecule has 0 amide bonds. The van der Waals surface area contributed by atoms with E-state index in [1.807, 2.05) is 24.0 Å². The minimum atomic E-state index is -1.04. The lowest BCUT2D eigenvalue weighted by molar-refractivity contribution is -0.132. The summed E-state index contributed by atoms with van der Waals surface area (Å²) >= 11 is 0. The Morgan fingerprint density at radius 2 is 1.84 bits per heavy atom. The molecule has 19 heavy (non-hydrogen) atoms. The highest BCUT2D eigenvalue weighted by Gasteiger charge is 2.38. The predicted molar refractivity (Wildman–Crippen MR) is 73.9 cm³/mol. The maximum Gasteiger partial charge on any atom is 0.108 e. The number of piperidine rings is 1. The van der Waals surface area contributed by atoms with Crippen molar-refractivity contribution in [3.8, 4) is 0 Å². The summed E-state index contributed by atoms with van der Waals surface area (Å²) < 4.78 is 0. The van der Waals surface area contributed by atoms with Crippen LogP contribution in [0.1, 0.15) is 18.1 Å². The quantitative estimate of drug-likeness (QED) is 0.737. The van der Waals surface area contributed by atoms with Crippen LogP contribution in [0.25, 0.3) is 0 Å². The third kappa shape index (κ3) is 3.15. The molecular formula is C15H23NO3. The van der Waals surface area contributed by atoms with Gasteiger partial charge in [-0.1, -0.05) is 24.3 Å². The molecule has 1 aliphatic heterocycles. The molecule has 1 aromatic rings. The Bertz CT molecular complexity index is 424. The van der Waals surface area contributed by atoms with Gasteiger partial charge in [0.1, 0.15) is 6.10 Å². The van der Waals surface area contributed by atoms with Crippen LogP contribution < -0.4 is 0 Å². The van der Waals surface area contributed by atoms with E-state index in [1.54, 1.807) is 0 Å². The van der Waals surface area contributed by atoms with Crippen molar-refractivity contribution in [2.45, 2.75) is 44.6 Å². The second-order valence-corrected chi connectivity index (χ2v) is 5.46. The summed E-state index contributed by atoms with van der Waals surface area (Å²) in [5.41, 5.74) is 2.54. The van der Waals surface area contributed by atoms with Gasteiger partial charge < -0.3 is 15.3 Å². The van der Waals surface area contributed by atoms with Crippen molar-refractivity contribution in [3.05, 3.63) is 35.4 Å². The number of likely N-dealkylation sites (tertiary alicyclic amines) is 1. The van der Waals surface area contributed by atoms with Gasteiger partial charge in [0.25, 0.3) is 0 Å². The average Bonchev–Trinajstić information content (AvgIpc) is 2.40. The Kier molecular flexibility index (Phi) is 4.58. The number of aryl methyl sites for hydroxylation is 1. The Labute approximate surface area is 114 Å². The van der Waals surface area contributed by atoms with E-state index in [1.165, 1.54) is 11.1 Å². The number of rotatable bonds is 3. The van der Waals surface area contributed by atoms with Gasteiger partial charge in [-0.3, -0.25) is 4.90 Å². The number of aliphatic hydroxyl groups excluding tert-OH is 3. The first-order valence-corrected chi connectivity index (χ1v) is 6.83. The van der Waals surface area contributed by atoms with Gasteiger partial charge in [0, 0.05) is 19.1 Å². The Balaban J connectivity index is 1.98. The molecule has 1 aromatic carbocycles. The molecule has 1 saturated heterocycles. The normalized spacial score (nSPS) is 32.5. The van der Waals surface area contributed by atoms with Crippen LogP contribution in [-0.2, 0) is 6.42 Å². The summed E-state index contributed by atoms with van der Waals surface area (Å²) in [5, 5.41) is 29.3. The largest absolute Gasteiger partial charge is 0.389 e. The third-order valence-corrected chi connectivity index (χ3v) is 4.17. The molecule has 0 saturated carbocycles. The monoisotopic (exact) mass is 265 g/mol. The fourth-order valence-corrected chi connectivity index (χ4v) is 2.69. The van der Waals surface area contributed by atoms with Crippen LogP contribution in [0, 0.1) is 6.92 Å². The Hall–Kier alpha value is -0.940. The van der Waals surface area contributed by atoms with E-state index < -0.39 is 18.3 Å². The van der Waals surface area contributed by atoms with Gasteiger partial charge in [-0.15, -0.1) is 0 Å². The van der Waals surface area contributed by atoms with Gasteiger partial charge >= 0.3 is 0 Å². The fraction of sp³-hybridized carbons (Fsp3) is 0.600. The molecule has 4 nitrogen and oxygen atoms in total. The highest BCUT2D eigenvalue weighted by Crippen LogP contribution is 2.19. The van der Waals surface area contributed by atoms with Gasteiger partial charge in [-0.25, -0.2) is 0 Å². The molecule has 0 spiro atoms. The smallest absolute Gasteiger partial charge is 0.108 e. The second-order valence-electron chi connectivity index (χ2n) is 5.46. The van der Waals surface area contributed by atoms with E-state index in [0.29, 0.717) is 6.54 Å². The van der Waals surface area contributed by atoms with Crippen molar-refractivity contribution < 1.29 is 15.3 Å². The molecule has 106 valence electrons. The van der Waals surface area contributed by atoms with E-state index in [9.17, 15) is 15.3 Å². The average molecular weight is 265 g/mol. The first kappa shape index (κ1) is 14.5. The van der Waals surface area contributed by atoms with E-state index >= 15 is 0 Å². The SMILES string of the molecule is Cc1ccccc1CCN1C[C@H](O)[C@@H](O)[C@H](O)[C@H]1C. The van der Waals surface area contributed by atoms with Gasteiger partial charge in [0.05, 0.1) is 12.2 Å². The summed E-state index contributed by atoms with van der Waals surface area (Å²) in [5.74, 6) is 0. The minimum absolute atomic E-state index is 0.137. The lowest BCUT2D eigenvalue weighted by atomic mass is 9.94.